The molecule has 1 saturated heterocycles. The highest BCUT2D eigenvalue weighted by Gasteiger charge is 2.25. The predicted octanol–water partition coefficient (Wildman–Crippen LogP) is 3.25. The lowest BCUT2D eigenvalue weighted by Crippen LogP contribution is -2.43. The van der Waals surface area contributed by atoms with Gasteiger partial charge in [-0.25, -0.2) is 4.39 Å². The van der Waals surface area contributed by atoms with E-state index in [0.29, 0.717) is 5.56 Å². The first kappa shape index (κ1) is 21.0. The second-order valence-corrected chi connectivity index (χ2v) is 7.90. The molecule has 2 N–H and O–H groups in total. The minimum atomic E-state index is -1.32. The molecule has 1 aliphatic heterocycles. The highest BCUT2D eigenvalue weighted by atomic mass is 35.5. The maximum absolute atomic E-state index is 13.2. The summed E-state index contributed by atoms with van der Waals surface area (Å²) in [5.74, 6) is -0.744. The topological polar surface area (TPSA) is 65.5 Å². The molecular weight excluding hydrogens is 404 g/mol. The fourth-order valence-electron chi connectivity index (χ4n) is 3.01. The lowest BCUT2D eigenvalue weighted by Gasteiger charge is -2.30. The molecule has 1 amide bonds. The predicted molar refractivity (Wildman–Crippen MR) is 108 cm³/mol. The number of aliphatic hydroxyl groups is 1. The SMILES string of the molecule is O=C(N[C@H](CF)[C@H](O)c1ccc(-c2ccc(CN3CCC3)nc2)cc1)C(Cl)Cl. The van der Waals surface area contributed by atoms with Crippen molar-refractivity contribution in [1.82, 2.24) is 15.2 Å². The summed E-state index contributed by atoms with van der Waals surface area (Å²) in [4.78, 5) is 17.1. The van der Waals surface area contributed by atoms with E-state index in [9.17, 15) is 14.3 Å². The van der Waals surface area contributed by atoms with Crippen molar-refractivity contribution >= 4 is 29.1 Å². The second kappa shape index (κ2) is 9.65. The van der Waals surface area contributed by atoms with E-state index in [1.807, 2.05) is 30.5 Å². The molecule has 2 heterocycles. The highest BCUT2D eigenvalue weighted by molar-refractivity contribution is 6.53. The number of aliphatic hydroxyl groups excluding tert-OH is 1. The minimum Gasteiger partial charge on any atom is -0.386 e. The summed E-state index contributed by atoms with van der Waals surface area (Å²) < 4.78 is 13.2. The molecule has 8 heteroatoms. The van der Waals surface area contributed by atoms with E-state index in [1.54, 1.807) is 12.1 Å². The number of aromatic nitrogens is 1. The van der Waals surface area contributed by atoms with Gasteiger partial charge in [0.1, 0.15) is 12.8 Å². The van der Waals surface area contributed by atoms with Crippen molar-refractivity contribution in [3.8, 4) is 11.1 Å². The first-order chi connectivity index (χ1) is 13.5. The van der Waals surface area contributed by atoms with Crippen LogP contribution in [0.5, 0.6) is 0 Å². The van der Waals surface area contributed by atoms with Gasteiger partial charge in [0, 0.05) is 18.3 Å². The molecule has 28 heavy (non-hydrogen) atoms. The molecule has 0 spiro atoms. The average Bonchev–Trinajstić information content (AvgIpc) is 2.68. The normalized spacial score (nSPS) is 16.5. The number of hydrogen-bond acceptors (Lipinski definition) is 4. The lowest BCUT2D eigenvalue weighted by molar-refractivity contribution is -0.121. The molecule has 2 atom stereocenters. The Morgan fingerprint density at radius 3 is 2.36 bits per heavy atom. The molecule has 0 bridgehead atoms. The van der Waals surface area contributed by atoms with E-state index in [-0.39, 0.29) is 0 Å². The van der Waals surface area contributed by atoms with Crippen LogP contribution in [-0.4, -0.2) is 51.5 Å². The summed E-state index contributed by atoms with van der Waals surface area (Å²) in [6.45, 7) is 2.18. The fraction of sp³-hybridized carbons (Fsp3) is 0.400. The van der Waals surface area contributed by atoms with Gasteiger partial charge in [-0.15, -0.1) is 0 Å². The number of pyridine rings is 1. The summed E-state index contributed by atoms with van der Waals surface area (Å²) >= 11 is 10.9. The van der Waals surface area contributed by atoms with Gasteiger partial charge in [-0.05, 0) is 36.7 Å². The summed E-state index contributed by atoms with van der Waals surface area (Å²) in [6.07, 6.45) is 1.86. The molecule has 2 aromatic rings. The standard InChI is InChI=1S/C20H22Cl2FN3O2/c21-19(22)20(28)25-17(10-23)18(27)14-4-2-13(3-5-14)15-6-7-16(24-11-15)12-26-8-1-9-26/h2-7,11,17-19,27H,1,8-10,12H2,(H,25,28)/t17-,18-/m1/s1. The number of alkyl halides is 3. The van der Waals surface area contributed by atoms with Gasteiger partial charge in [0.05, 0.1) is 11.7 Å². The Morgan fingerprint density at radius 1 is 1.18 bits per heavy atom. The molecule has 0 aliphatic carbocycles. The van der Waals surface area contributed by atoms with Gasteiger partial charge in [-0.1, -0.05) is 53.5 Å². The Balaban J connectivity index is 1.65. The lowest BCUT2D eigenvalue weighted by atomic mass is 9.99. The van der Waals surface area contributed by atoms with Crippen molar-refractivity contribution in [2.45, 2.75) is 29.9 Å². The van der Waals surface area contributed by atoms with Crippen molar-refractivity contribution in [2.75, 3.05) is 19.8 Å². The summed E-state index contributed by atoms with van der Waals surface area (Å²) in [5.41, 5.74) is 3.40. The molecule has 1 fully saturated rings. The Morgan fingerprint density at radius 2 is 1.86 bits per heavy atom. The molecule has 3 rings (SSSR count). The van der Waals surface area contributed by atoms with Gasteiger partial charge >= 0.3 is 0 Å². The van der Waals surface area contributed by atoms with Gasteiger partial charge in [-0.2, -0.15) is 0 Å². The molecule has 150 valence electrons. The van der Waals surface area contributed by atoms with Crippen LogP contribution in [0.4, 0.5) is 4.39 Å². The van der Waals surface area contributed by atoms with E-state index in [0.717, 1.165) is 36.5 Å². The number of amides is 1. The summed E-state index contributed by atoms with van der Waals surface area (Å²) in [6, 6.07) is 9.95. The maximum Gasteiger partial charge on any atom is 0.253 e. The first-order valence-corrected chi connectivity index (χ1v) is 9.95. The van der Waals surface area contributed by atoms with Gasteiger partial charge in [0.15, 0.2) is 4.84 Å². The number of rotatable bonds is 8. The Kier molecular flexibility index (Phi) is 7.24. The Bertz CT molecular complexity index is 783. The number of halogens is 3. The number of carbonyl (C=O) groups excluding carboxylic acids is 1. The number of benzene rings is 1. The average molecular weight is 426 g/mol. The zero-order chi connectivity index (χ0) is 20.1. The van der Waals surface area contributed by atoms with Crippen LogP contribution in [0.25, 0.3) is 11.1 Å². The molecule has 0 unspecified atom stereocenters. The molecule has 5 nitrogen and oxygen atoms in total. The van der Waals surface area contributed by atoms with Crippen LogP contribution in [0.2, 0.25) is 0 Å². The van der Waals surface area contributed by atoms with Crippen LogP contribution in [0.15, 0.2) is 42.6 Å². The highest BCUT2D eigenvalue weighted by Crippen LogP contribution is 2.24. The third kappa shape index (κ3) is 5.20. The number of hydrogen-bond donors (Lipinski definition) is 2. The van der Waals surface area contributed by atoms with Gasteiger partial charge < -0.3 is 10.4 Å². The van der Waals surface area contributed by atoms with E-state index < -0.39 is 29.6 Å². The van der Waals surface area contributed by atoms with Crippen molar-refractivity contribution in [3.05, 3.63) is 53.9 Å². The number of carbonyl (C=O) groups is 1. The van der Waals surface area contributed by atoms with Crippen molar-refractivity contribution in [2.24, 2.45) is 0 Å². The largest absolute Gasteiger partial charge is 0.386 e. The third-order valence-corrected chi connectivity index (χ3v) is 5.21. The third-order valence-electron chi connectivity index (χ3n) is 4.82. The summed E-state index contributed by atoms with van der Waals surface area (Å²) in [5, 5.41) is 12.7. The van der Waals surface area contributed by atoms with Crippen LogP contribution in [0, 0.1) is 0 Å². The van der Waals surface area contributed by atoms with E-state index >= 15 is 0 Å². The Hall–Kier alpha value is -1.73. The minimum absolute atomic E-state index is 0.481. The molecule has 1 aliphatic rings. The Labute approximate surface area is 173 Å². The van der Waals surface area contributed by atoms with Crippen LogP contribution >= 0.6 is 23.2 Å². The molecule has 0 radical (unpaired) electrons. The zero-order valence-electron chi connectivity index (χ0n) is 15.2. The van der Waals surface area contributed by atoms with Crippen molar-refractivity contribution in [1.29, 1.82) is 0 Å². The van der Waals surface area contributed by atoms with Gasteiger partial charge in [0.2, 0.25) is 0 Å². The zero-order valence-corrected chi connectivity index (χ0v) is 16.7. The monoisotopic (exact) mass is 425 g/mol. The van der Waals surface area contributed by atoms with Crippen LogP contribution in [-0.2, 0) is 11.3 Å². The van der Waals surface area contributed by atoms with Crippen LogP contribution < -0.4 is 5.32 Å². The number of likely N-dealkylation sites (tertiary alicyclic amines) is 1. The summed E-state index contributed by atoms with van der Waals surface area (Å²) in [7, 11) is 0. The van der Waals surface area contributed by atoms with Crippen molar-refractivity contribution < 1.29 is 14.3 Å². The smallest absolute Gasteiger partial charge is 0.253 e. The number of nitrogens with one attached hydrogen (secondary N) is 1. The number of nitrogens with zero attached hydrogens (tertiary/aromatic N) is 2. The van der Waals surface area contributed by atoms with E-state index in [4.69, 9.17) is 23.2 Å². The fourth-order valence-corrected chi connectivity index (χ4v) is 3.14. The van der Waals surface area contributed by atoms with Crippen LogP contribution in [0.1, 0.15) is 23.8 Å². The van der Waals surface area contributed by atoms with Crippen molar-refractivity contribution in [3.63, 3.8) is 0 Å². The van der Waals surface area contributed by atoms with Gasteiger partial charge in [0.25, 0.3) is 5.91 Å². The van der Waals surface area contributed by atoms with Gasteiger partial charge in [-0.3, -0.25) is 14.7 Å². The quantitative estimate of drug-likeness (QED) is 0.637. The van der Waals surface area contributed by atoms with E-state index in [2.05, 4.69) is 15.2 Å². The second-order valence-electron chi connectivity index (χ2n) is 6.80. The molecule has 1 aromatic carbocycles. The molecular formula is C20H22Cl2FN3O2. The van der Waals surface area contributed by atoms with Crippen LogP contribution in [0.3, 0.4) is 0 Å². The maximum atomic E-state index is 13.2. The molecule has 1 aromatic heterocycles. The van der Waals surface area contributed by atoms with E-state index in [1.165, 1.54) is 6.42 Å². The molecule has 0 saturated carbocycles. The first-order valence-electron chi connectivity index (χ1n) is 9.08.